The zero-order chi connectivity index (χ0) is 21.8. The molecule has 0 bridgehead atoms. The van der Waals surface area contributed by atoms with Crippen molar-refractivity contribution in [3.63, 3.8) is 0 Å². The predicted octanol–water partition coefficient (Wildman–Crippen LogP) is 4.00. The van der Waals surface area contributed by atoms with E-state index in [2.05, 4.69) is 20.4 Å². The van der Waals surface area contributed by atoms with E-state index in [4.69, 9.17) is 4.74 Å². The van der Waals surface area contributed by atoms with Crippen molar-refractivity contribution in [3.05, 3.63) is 53.8 Å². The molecule has 4 aromatic rings. The maximum atomic E-state index is 12.7. The number of aryl methyl sites for hydroxylation is 1. The molecule has 3 heterocycles. The normalized spacial score (nSPS) is 10.9. The summed E-state index contributed by atoms with van der Waals surface area (Å²) in [6, 6.07) is 9.54. The van der Waals surface area contributed by atoms with Crippen molar-refractivity contribution in [2.24, 2.45) is 7.05 Å². The molecule has 0 radical (unpaired) electrons. The number of nitrogens with one attached hydrogen (secondary N) is 1. The van der Waals surface area contributed by atoms with Crippen LogP contribution in [0.15, 0.2) is 53.3 Å². The lowest BCUT2D eigenvalue weighted by atomic mass is 10.0. The van der Waals surface area contributed by atoms with Crippen LogP contribution < -0.4 is 5.32 Å². The Morgan fingerprint density at radius 1 is 1.23 bits per heavy atom. The van der Waals surface area contributed by atoms with Crippen LogP contribution in [0, 0.1) is 0 Å². The van der Waals surface area contributed by atoms with E-state index in [0.717, 1.165) is 16.5 Å². The Morgan fingerprint density at radius 3 is 2.81 bits per heavy atom. The van der Waals surface area contributed by atoms with E-state index in [-0.39, 0.29) is 18.3 Å². The second-order valence-corrected chi connectivity index (χ2v) is 8.30. The molecule has 0 aliphatic carbocycles. The Labute approximate surface area is 186 Å². The first-order valence-corrected chi connectivity index (χ1v) is 11.3. The monoisotopic (exact) mass is 453 g/mol. The van der Waals surface area contributed by atoms with Gasteiger partial charge < -0.3 is 10.1 Å². The third kappa shape index (κ3) is 4.44. The molecule has 31 heavy (non-hydrogen) atoms. The molecular weight excluding hydrogens is 434 g/mol. The third-order valence-electron chi connectivity index (χ3n) is 4.44. The smallest absolute Gasteiger partial charge is 0.341 e. The van der Waals surface area contributed by atoms with Crippen LogP contribution in [0.25, 0.3) is 22.2 Å². The number of benzene rings is 1. The van der Waals surface area contributed by atoms with E-state index in [1.807, 2.05) is 35.7 Å². The van der Waals surface area contributed by atoms with Crippen molar-refractivity contribution in [1.82, 2.24) is 19.7 Å². The molecule has 4 rings (SSSR count). The lowest BCUT2D eigenvalue weighted by Gasteiger charge is -2.09. The van der Waals surface area contributed by atoms with Crippen LogP contribution in [-0.4, -0.2) is 44.0 Å². The molecule has 158 valence electrons. The van der Waals surface area contributed by atoms with Gasteiger partial charge in [0.15, 0.2) is 5.65 Å². The topological polar surface area (TPSA) is 99.0 Å². The third-order valence-corrected chi connectivity index (χ3v) is 6.34. The van der Waals surface area contributed by atoms with Crippen molar-refractivity contribution in [2.75, 3.05) is 17.7 Å². The van der Waals surface area contributed by atoms with Crippen LogP contribution in [0.5, 0.6) is 0 Å². The first kappa shape index (κ1) is 21.0. The molecule has 1 amide bonds. The number of aromatic nitrogens is 4. The van der Waals surface area contributed by atoms with Gasteiger partial charge in [0.1, 0.15) is 21.9 Å². The highest BCUT2D eigenvalue weighted by atomic mass is 32.2. The SMILES string of the molecule is CCOC(=O)c1c(-c2ccccc2)csc1NC(=O)CSc1ncnc2c1cnn2C. The number of carbonyl (C=O) groups excluding carboxylic acids is 2. The molecule has 1 N–H and O–H groups in total. The predicted molar refractivity (Wildman–Crippen MR) is 121 cm³/mol. The fraction of sp³-hybridized carbons (Fsp3) is 0.190. The van der Waals surface area contributed by atoms with Gasteiger partial charge >= 0.3 is 5.97 Å². The number of rotatable bonds is 7. The summed E-state index contributed by atoms with van der Waals surface area (Å²) >= 11 is 2.59. The van der Waals surface area contributed by atoms with E-state index in [0.29, 0.717) is 21.2 Å². The molecule has 1 aromatic carbocycles. The van der Waals surface area contributed by atoms with Crippen molar-refractivity contribution in [1.29, 1.82) is 0 Å². The Balaban J connectivity index is 1.53. The Kier molecular flexibility index (Phi) is 6.28. The number of hydrogen-bond acceptors (Lipinski definition) is 8. The minimum Gasteiger partial charge on any atom is -0.462 e. The summed E-state index contributed by atoms with van der Waals surface area (Å²) in [5, 5.41) is 10.8. The molecular formula is C21H19N5O3S2. The summed E-state index contributed by atoms with van der Waals surface area (Å²) in [5.41, 5.74) is 2.69. The largest absolute Gasteiger partial charge is 0.462 e. The Bertz CT molecular complexity index is 1240. The molecule has 8 nitrogen and oxygen atoms in total. The highest BCUT2D eigenvalue weighted by Crippen LogP contribution is 2.36. The van der Waals surface area contributed by atoms with Crippen LogP contribution in [-0.2, 0) is 16.6 Å². The van der Waals surface area contributed by atoms with Gasteiger partial charge in [-0.05, 0) is 12.5 Å². The first-order valence-electron chi connectivity index (χ1n) is 9.47. The molecule has 0 aliphatic heterocycles. The molecule has 0 unspecified atom stereocenters. The van der Waals surface area contributed by atoms with E-state index >= 15 is 0 Å². The van der Waals surface area contributed by atoms with Crippen molar-refractivity contribution in [3.8, 4) is 11.1 Å². The summed E-state index contributed by atoms with van der Waals surface area (Å²) in [4.78, 5) is 33.8. The highest BCUT2D eigenvalue weighted by Gasteiger charge is 2.23. The summed E-state index contributed by atoms with van der Waals surface area (Å²) in [7, 11) is 1.80. The first-order chi connectivity index (χ1) is 15.1. The van der Waals surface area contributed by atoms with Crippen LogP contribution in [0.1, 0.15) is 17.3 Å². The standard InChI is InChI=1S/C21H19N5O3S2/c1-3-29-21(28)17-15(13-7-5-4-6-8-13)10-30-20(17)25-16(27)11-31-19-14-9-24-26(2)18(14)22-12-23-19/h4-10,12H,3,11H2,1-2H3,(H,25,27). The minimum absolute atomic E-state index is 0.127. The Hall–Kier alpha value is -3.24. The molecule has 0 atom stereocenters. The summed E-state index contributed by atoms with van der Waals surface area (Å²) in [6.45, 7) is 2.00. The van der Waals surface area contributed by atoms with Crippen molar-refractivity contribution >= 4 is 51.0 Å². The van der Waals surface area contributed by atoms with Gasteiger partial charge in [0, 0.05) is 18.0 Å². The van der Waals surface area contributed by atoms with Gasteiger partial charge in [-0.25, -0.2) is 14.8 Å². The molecule has 10 heteroatoms. The number of fused-ring (bicyclic) bond motifs is 1. The summed E-state index contributed by atoms with van der Waals surface area (Å²) < 4.78 is 6.89. The average molecular weight is 454 g/mol. The van der Waals surface area contributed by atoms with Crippen LogP contribution in [0.3, 0.4) is 0 Å². The number of amides is 1. The van der Waals surface area contributed by atoms with E-state index in [9.17, 15) is 9.59 Å². The fourth-order valence-electron chi connectivity index (χ4n) is 3.04. The van der Waals surface area contributed by atoms with Crippen molar-refractivity contribution in [2.45, 2.75) is 11.9 Å². The highest BCUT2D eigenvalue weighted by molar-refractivity contribution is 8.00. The van der Waals surface area contributed by atoms with Gasteiger partial charge in [-0.1, -0.05) is 42.1 Å². The number of nitrogens with zero attached hydrogens (tertiary/aromatic N) is 4. The lowest BCUT2D eigenvalue weighted by Crippen LogP contribution is -2.16. The molecule has 0 fully saturated rings. The minimum atomic E-state index is -0.460. The number of hydrogen-bond donors (Lipinski definition) is 1. The average Bonchev–Trinajstić information content (AvgIpc) is 3.37. The van der Waals surface area contributed by atoms with Gasteiger partial charge in [0.2, 0.25) is 5.91 Å². The number of ether oxygens (including phenoxy) is 1. The zero-order valence-corrected chi connectivity index (χ0v) is 18.5. The molecule has 0 saturated carbocycles. The summed E-state index contributed by atoms with van der Waals surface area (Å²) in [5.74, 6) is -0.576. The Morgan fingerprint density at radius 2 is 2.03 bits per heavy atom. The van der Waals surface area contributed by atoms with Crippen molar-refractivity contribution < 1.29 is 14.3 Å². The maximum Gasteiger partial charge on any atom is 0.341 e. The zero-order valence-electron chi connectivity index (χ0n) is 16.9. The molecule has 0 aliphatic rings. The molecule has 3 aromatic heterocycles. The second-order valence-electron chi connectivity index (χ2n) is 6.46. The van der Waals surface area contributed by atoms with E-state index in [1.165, 1.54) is 29.4 Å². The number of thioether (sulfide) groups is 1. The maximum absolute atomic E-state index is 12.7. The van der Waals surface area contributed by atoms with Gasteiger partial charge in [-0.2, -0.15) is 5.10 Å². The summed E-state index contributed by atoms with van der Waals surface area (Å²) in [6.07, 6.45) is 3.13. The van der Waals surface area contributed by atoms with Crippen LogP contribution in [0.2, 0.25) is 0 Å². The quantitative estimate of drug-likeness (QED) is 0.256. The number of anilines is 1. The van der Waals surface area contributed by atoms with Gasteiger partial charge in [-0.3, -0.25) is 9.48 Å². The van der Waals surface area contributed by atoms with Crippen LogP contribution in [0.4, 0.5) is 5.00 Å². The molecule has 0 spiro atoms. The number of esters is 1. The van der Waals surface area contributed by atoms with Crippen LogP contribution >= 0.6 is 23.1 Å². The lowest BCUT2D eigenvalue weighted by molar-refractivity contribution is -0.113. The molecule has 0 saturated heterocycles. The van der Waals surface area contributed by atoms with E-state index in [1.54, 1.807) is 24.9 Å². The fourth-order valence-corrected chi connectivity index (χ4v) is 4.77. The number of carbonyl (C=O) groups is 2. The number of thiophene rings is 1. The van der Waals surface area contributed by atoms with Gasteiger partial charge in [0.25, 0.3) is 0 Å². The van der Waals surface area contributed by atoms with Gasteiger partial charge in [-0.15, -0.1) is 11.3 Å². The van der Waals surface area contributed by atoms with E-state index < -0.39 is 5.97 Å². The van der Waals surface area contributed by atoms with Gasteiger partial charge in [0.05, 0.1) is 23.9 Å². The second kappa shape index (κ2) is 9.27.